The number of piperazine rings is 1. The van der Waals surface area contributed by atoms with Gasteiger partial charge in [-0.25, -0.2) is 4.98 Å². The lowest BCUT2D eigenvalue weighted by molar-refractivity contribution is -0.163. The van der Waals surface area contributed by atoms with Crippen molar-refractivity contribution in [3.63, 3.8) is 0 Å². The van der Waals surface area contributed by atoms with Crippen LogP contribution in [0.25, 0.3) is 10.9 Å². The van der Waals surface area contributed by atoms with Gasteiger partial charge in [-0.2, -0.15) is 5.26 Å². The first kappa shape index (κ1) is 41.9. The summed E-state index contributed by atoms with van der Waals surface area (Å²) in [5.74, 6) is -0.0951. The number of benzene rings is 2. The number of pyridine rings is 2. The number of nitrogens with one attached hydrogen (secondary N) is 2. The Morgan fingerprint density at radius 1 is 0.905 bits per heavy atom. The van der Waals surface area contributed by atoms with Crippen LogP contribution in [0.4, 0.5) is 11.5 Å². The number of rotatable bonds is 9. The molecule has 3 saturated heterocycles. The maximum atomic E-state index is 13.6. The Bertz CT molecular complexity index is 2550. The number of nitriles is 1. The van der Waals surface area contributed by atoms with Crippen LogP contribution in [0, 0.1) is 28.1 Å². The molecule has 2 aromatic heterocycles. The van der Waals surface area contributed by atoms with E-state index in [4.69, 9.17) is 9.72 Å². The smallest absolute Gasteiger partial charge is 0.262 e. The molecule has 0 bridgehead atoms. The van der Waals surface area contributed by atoms with Crippen LogP contribution in [0.5, 0.6) is 5.75 Å². The minimum atomic E-state index is -0.984. The Hall–Kier alpha value is -6.40. The third-order valence-corrected chi connectivity index (χ3v) is 14.2. The molecule has 9 rings (SSSR count). The molecule has 2 atom stereocenters. The summed E-state index contributed by atoms with van der Waals surface area (Å²) >= 11 is 0. The second kappa shape index (κ2) is 16.1. The molecular formula is C48H53N9O6. The van der Waals surface area contributed by atoms with E-state index in [2.05, 4.69) is 71.0 Å². The molecule has 1 saturated carbocycles. The van der Waals surface area contributed by atoms with Crippen LogP contribution in [0.3, 0.4) is 0 Å². The van der Waals surface area contributed by atoms with Crippen LogP contribution in [-0.2, 0) is 9.59 Å². The highest BCUT2D eigenvalue weighted by atomic mass is 16.5. The van der Waals surface area contributed by atoms with Crippen molar-refractivity contribution in [1.82, 2.24) is 30.4 Å². The molecular weight excluding hydrogens is 799 g/mol. The molecule has 5 aliphatic rings. The first-order chi connectivity index (χ1) is 30.1. The Morgan fingerprint density at radius 2 is 1.67 bits per heavy atom. The molecule has 5 amide bonds. The van der Waals surface area contributed by atoms with Gasteiger partial charge in [-0.1, -0.05) is 27.7 Å². The van der Waals surface area contributed by atoms with Crippen molar-refractivity contribution in [2.45, 2.75) is 84.5 Å². The highest BCUT2D eigenvalue weighted by molar-refractivity contribution is 6.23. The minimum absolute atomic E-state index is 0.0853. The van der Waals surface area contributed by atoms with E-state index < -0.39 is 29.7 Å². The van der Waals surface area contributed by atoms with Gasteiger partial charge in [0.25, 0.3) is 17.7 Å². The monoisotopic (exact) mass is 851 g/mol. The summed E-state index contributed by atoms with van der Waals surface area (Å²) in [4.78, 5) is 81.7. The van der Waals surface area contributed by atoms with Crippen molar-refractivity contribution in [3.05, 3.63) is 89.2 Å². The van der Waals surface area contributed by atoms with E-state index in [-0.39, 0.29) is 53.3 Å². The molecule has 2 aromatic carbocycles. The zero-order valence-electron chi connectivity index (χ0n) is 36.4. The number of carbonyl (C=O) groups excluding carboxylic acids is 5. The second-order valence-corrected chi connectivity index (χ2v) is 19.0. The highest BCUT2D eigenvalue weighted by Gasteiger charge is 2.64. The van der Waals surface area contributed by atoms with E-state index in [1.165, 1.54) is 0 Å². The number of piperidine rings is 2. The molecule has 1 aliphatic carbocycles. The SMILES string of the molecule is C[C@@H]1CN(c2ccc3c(c2)C(=O)N(C2CCC(=O)NC2=O)C3=O)CCN1CC1CCN(c2ccc(C(=O)NC3C(C)(C)C(Oc4ccc(C#N)c5ncccc45)C3(C)C)cn2)CC1. The van der Waals surface area contributed by atoms with Crippen molar-refractivity contribution < 1.29 is 28.7 Å². The fraction of sp³-hybridized carbons (Fsp3) is 0.458. The van der Waals surface area contributed by atoms with Gasteiger partial charge < -0.3 is 19.9 Å². The number of anilines is 2. The summed E-state index contributed by atoms with van der Waals surface area (Å²) in [7, 11) is 0. The highest BCUT2D eigenvalue weighted by Crippen LogP contribution is 2.56. The maximum absolute atomic E-state index is 13.6. The molecule has 4 aliphatic heterocycles. The molecule has 2 N–H and O–H groups in total. The van der Waals surface area contributed by atoms with Gasteiger partial charge in [0.05, 0.1) is 27.8 Å². The number of carbonyl (C=O) groups is 5. The molecule has 63 heavy (non-hydrogen) atoms. The number of ether oxygens (including phenoxy) is 1. The van der Waals surface area contributed by atoms with Crippen molar-refractivity contribution in [2.75, 3.05) is 49.1 Å². The first-order valence-corrected chi connectivity index (χ1v) is 22.0. The third-order valence-electron chi connectivity index (χ3n) is 14.2. The number of imide groups is 2. The van der Waals surface area contributed by atoms with Crippen LogP contribution < -0.4 is 25.2 Å². The topological polar surface area (TPSA) is 181 Å². The summed E-state index contributed by atoms with van der Waals surface area (Å²) in [6.07, 6.45) is 5.42. The summed E-state index contributed by atoms with van der Waals surface area (Å²) < 4.78 is 6.65. The second-order valence-electron chi connectivity index (χ2n) is 19.0. The average Bonchev–Trinajstić information content (AvgIpc) is 3.52. The van der Waals surface area contributed by atoms with E-state index >= 15 is 0 Å². The molecule has 6 heterocycles. The Labute approximate surface area is 366 Å². The van der Waals surface area contributed by atoms with E-state index in [0.29, 0.717) is 33.9 Å². The summed E-state index contributed by atoms with van der Waals surface area (Å²) in [5.41, 5.74) is 2.30. The van der Waals surface area contributed by atoms with Gasteiger partial charge in [-0.3, -0.25) is 44.1 Å². The lowest BCUT2D eigenvalue weighted by Gasteiger charge is -2.63. The number of hydrogen-bond donors (Lipinski definition) is 2. The van der Waals surface area contributed by atoms with Crippen LogP contribution in [0.2, 0.25) is 0 Å². The molecule has 15 heteroatoms. The van der Waals surface area contributed by atoms with Gasteiger partial charge in [0, 0.05) is 92.1 Å². The van der Waals surface area contributed by atoms with Crippen molar-refractivity contribution in [2.24, 2.45) is 16.7 Å². The molecule has 4 fully saturated rings. The summed E-state index contributed by atoms with van der Waals surface area (Å²) in [6.45, 7) is 15.8. The molecule has 4 aromatic rings. The van der Waals surface area contributed by atoms with Crippen molar-refractivity contribution >= 4 is 51.9 Å². The van der Waals surface area contributed by atoms with E-state index in [9.17, 15) is 29.2 Å². The Kier molecular flexibility index (Phi) is 10.7. The van der Waals surface area contributed by atoms with Gasteiger partial charge in [0.2, 0.25) is 11.8 Å². The Morgan fingerprint density at radius 3 is 2.37 bits per heavy atom. The van der Waals surface area contributed by atoms with Gasteiger partial charge in [0.1, 0.15) is 29.8 Å². The maximum Gasteiger partial charge on any atom is 0.262 e. The van der Waals surface area contributed by atoms with Gasteiger partial charge in [0.15, 0.2) is 0 Å². The lowest BCUT2D eigenvalue weighted by atomic mass is 9.49. The van der Waals surface area contributed by atoms with Gasteiger partial charge >= 0.3 is 0 Å². The van der Waals surface area contributed by atoms with Crippen LogP contribution in [0.1, 0.15) is 96.9 Å². The summed E-state index contributed by atoms with van der Waals surface area (Å²) in [6, 6.07) is 17.8. The van der Waals surface area contributed by atoms with E-state index in [1.54, 1.807) is 30.6 Å². The molecule has 0 radical (unpaired) electrons. The quantitative estimate of drug-likeness (QED) is 0.217. The van der Waals surface area contributed by atoms with Crippen molar-refractivity contribution in [3.8, 4) is 11.8 Å². The largest absolute Gasteiger partial charge is 0.488 e. The predicted octanol–water partition coefficient (Wildman–Crippen LogP) is 4.94. The number of hydrogen-bond acceptors (Lipinski definition) is 12. The van der Waals surface area contributed by atoms with Crippen LogP contribution >= 0.6 is 0 Å². The number of fused-ring (bicyclic) bond motifs is 2. The lowest BCUT2D eigenvalue weighted by Crippen LogP contribution is -2.74. The van der Waals surface area contributed by atoms with Gasteiger partial charge in [-0.15, -0.1) is 0 Å². The Balaban J connectivity index is 0.751. The standard InChI is InChI=1S/C48H53N9O6/c1-28-26-56(32-10-11-33-35(23-32)44(62)57(43(33)61)36-12-15-39(58)52-42(36)60)22-21-55(28)27-29-16-19-54(20-17-29)38-14-9-31(25-51-38)41(59)53-45-47(2,3)46(48(45,4)5)63-37-13-8-30(24-49)40-34(37)7-6-18-50-40/h6-11,13-14,18,23,25,28-29,36,45-46H,12,15-17,19-22,26-27H2,1-5H3,(H,53,59)(H,52,58,60)/t28-,36?,45?,46?/m1/s1. The van der Waals surface area contributed by atoms with Crippen LogP contribution in [-0.4, -0.2) is 113 Å². The zero-order chi connectivity index (χ0) is 44.4. The molecule has 0 spiro atoms. The first-order valence-electron chi connectivity index (χ1n) is 22.0. The number of nitrogens with zero attached hydrogens (tertiary/aromatic N) is 7. The van der Waals surface area contributed by atoms with E-state index in [1.807, 2.05) is 36.4 Å². The fourth-order valence-electron chi connectivity index (χ4n) is 11.0. The number of amides is 5. The van der Waals surface area contributed by atoms with E-state index in [0.717, 1.165) is 73.9 Å². The minimum Gasteiger partial charge on any atom is -0.488 e. The molecule has 15 nitrogen and oxygen atoms in total. The third kappa shape index (κ3) is 7.43. The summed E-state index contributed by atoms with van der Waals surface area (Å²) in [5, 5.41) is 15.9. The normalized spacial score (nSPS) is 24.7. The molecule has 1 unspecified atom stereocenters. The molecule has 326 valence electrons. The fourth-order valence-corrected chi connectivity index (χ4v) is 11.0. The average molecular weight is 852 g/mol. The predicted molar refractivity (Wildman–Crippen MR) is 235 cm³/mol. The van der Waals surface area contributed by atoms with Crippen LogP contribution in [0.15, 0.2) is 67.0 Å². The number of aromatic nitrogens is 2. The zero-order valence-corrected chi connectivity index (χ0v) is 36.4. The van der Waals surface area contributed by atoms with Crippen molar-refractivity contribution in [1.29, 1.82) is 5.26 Å². The van der Waals surface area contributed by atoms with Gasteiger partial charge in [-0.05, 0) is 86.7 Å².